The van der Waals surface area contributed by atoms with Crippen molar-refractivity contribution in [1.29, 1.82) is 0 Å². The quantitative estimate of drug-likeness (QED) is 0.548. The molecule has 0 saturated carbocycles. The SMILES string of the molecule is CC(C)(C)OC(=O)N(Cc1cccc(C(=O)NCC(O)CN2CCc3ccccc3C2)c1)C1CCOCC1. The van der Waals surface area contributed by atoms with Crippen molar-refractivity contribution in [2.24, 2.45) is 0 Å². The molecule has 2 amide bonds. The van der Waals surface area contributed by atoms with Crippen LogP contribution in [0.5, 0.6) is 0 Å². The highest BCUT2D eigenvalue weighted by molar-refractivity contribution is 5.94. The maximum absolute atomic E-state index is 13.0. The van der Waals surface area contributed by atoms with Crippen LogP contribution in [0, 0.1) is 0 Å². The highest BCUT2D eigenvalue weighted by Gasteiger charge is 2.30. The maximum Gasteiger partial charge on any atom is 0.410 e. The molecule has 8 nitrogen and oxygen atoms in total. The second-order valence-electron chi connectivity index (χ2n) is 11.3. The number of aliphatic hydroxyl groups excluding tert-OH is 1. The van der Waals surface area contributed by atoms with Crippen LogP contribution in [0.25, 0.3) is 0 Å². The van der Waals surface area contributed by atoms with Crippen molar-refractivity contribution in [1.82, 2.24) is 15.1 Å². The van der Waals surface area contributed by atoms with Gasteiger partial charge in [-0.05, 0) is 68.9 Å². The number of carbonyl (C=O) groups is 2. The van der Waals surface area contributed by atoms with Crippen LogP contribution < -0.4 is 5.32 Å². The molecule has 2 aromatic rings. The first-order valence-electron chi connectivity index (χ1n) is 13.6. The molecule has 2 heterocycles. The number of aliphatic hydroxyl groups is 1. The number of nitrogens with zero attached hydrogens (tertiary/aromatic N) is 2. The summed E-state index contributed by atoms with van der Waals surface area (Å²) >= 11 is 0. The molecule has 1 unspecified atom stereocenters. The lowest BCUT2D eigenvalue weighted by atomic mass is 10.00. The summed E-state index contributed by atoms with van der Waals surface area (Å²) in [6.07, 6.45) is 1.45. The standard InChI is InChI=1S/C30H41N3O5/c1-30(2,3)38-29(36)33(26-12-15-37-16-13-26)19-22-7-6-10-24(17-22)28(35)31-18-27(34)21-32-14-11-23-8-4-5-9-25(23)20-32/h4-10,17,26-27,34H,11-16,18-21H2,1-3H3,(H,31,35). The molecule has 1 saturated heterocycles. The summed E-state index contributed by atoms with van der Waals surface area (Å²) in [7, 11) is 0. The molecule has 4 rings (SSSR count). The number of amides is 2. The largest absolute Gasteiger partial charge is 0.444 e. The molecule has 1 fully saturated rings. The fourth-order valence-electron chi connectivity index (χ4n) is 5.05. The second kappa shape index (κ2) is 12.7. The Morgan fingerprint density at radius 1 is 1.13 bits per heavy atom. The first-order valence-corrected chi connectivity index (χ1v) is 13.6. The van der Waals surface area contributed by atoms with Crippen molar-refractivity contribution in [2.75, 3.05) is 32.8 Å². The first kappa shape index (κ1) is 28.1. The second-order valence-corrected chi connectivity index (χ2v) is 11.3. The van der Waals surface area contributed by atoms with E-state index in [2.05, 4.69) is 28.4 Å². The molecule has 0 aromatic heterocycles. The zero-order valence-electron chi connectivity index (χ0n) is 22.8. The number of hydrogen-bond donors (Lipinski definition) is 2. The average molecular weight is 524 g/mol. The molecule has 0 radical (unpaired) electrons. The van der Waals surface area contributed by atoms with Gasteiger partial charge in [0.25, 0.3) is 5.91 Å². The molecule has 206 valence electrons. The number of hydrogen-bond acceptors (Lipinski definition) is 6. The van der Waals surface area contributed by atoms with Crippen LogP contribution in [0.15, 0.2) is 48.5 Å². The molecule has 2 aliphatic heterocycles. The van der Waals surface area contributed by atoms with Gasteiger partial charge in [0.05, 0.1) is 6.10 Å². The van der Waals surface area contributed by atoms with E-state index in [1.807, 2.05) is 39.0 Å². The smallest absolute Gasteiger partial charge is 0.410 e. The minimum Gasteiger partial charge on any atom is -0.444 e. The third kappa shape index (κ3) is 8.03. The van der Waals surface area contributed by atoms with Crippen molar-refractivity contribution >= 4 is 12.0 Å². The predicted molar refractivity (Wildman–Crippen MR) is 146 cm³/mol. The van der Waals surface area contributed by atoms with Crippen LogP contribution in [0.1, 0.15) is 60.7 Å². The van der Waals surface area contributed by atoms with Crippen LogP contribution >= 0.6 is 0 Å². The predicted octanol–water partition coefficient (Wildman–Crippen LogP) is 3.75. The molecule has 2 aliphatic rings. The van der Waals surface area contributed by atoms with E-state index in [-0.39, 0.29) is 24.6 Å². The lowest BCUT2D eigenvalue weighted by Crippen LogP contribution is -2.45. The van der Waals surface area contributed by atoms with E-state index < -0.39 is 11.7 Å². The number of fused-ring (bicyclic) bond motifs is 1. The Morgan fingerprint density at radius 2 is 1.87 bits per heavy atom. The lowest BCUT2D eigenvalue weighted by Gasteiger charge is -2.35. The third-order valence-electron chi connectivity index (χ3n) is 6.98. The van der Waals surface area contributed by atoms with Crippen LogP contribution in [0.2, 0.25) is 0 Å². The van der Waals surface area contributed by atoms with E-state index in [1.54, 1.807) is 17.0 Å². The number of rotatable bonds is 8. The van der Waals surface area contributed by atoms with Crippen molar-refractivity contribution < 1.29 is 24.2 Å². The zero-order valence-corrected chi connectivity index (χ0v) is 22.8. The minimum absolute atomic E-state index is 0.0213. The number of β-amino-alcohol motifs (C(OH)–C–C–N with tert-alkyl or cyclic N) is 1. The van der Waals surface area contributed by atoms with Crippen LogP contribution in [-0.2, 0) is 29.0 Å². The lowest BCUT2D eigenvalue weighted by molar-refractivity contribution is -0.00809. The average Bonchev–Trinajstić information content (AvgIpc) is 2.90. The van der Waals surface area contributed by atoms with Crippen molar-refractivity contribution in [3.05, 3.63) is 70.8 Å². The molecule has 0 bridgehead atoms. The Hall–Kier alpha value is -2.94. The highest BCUT2D eigenvalue weighted by Crippen LogP contribution is 2.22. The maximum atomic E-state index is 13.0. The van der Waals surface area contributed by atoms with Gasteiger partial charge in [0, 0.05) is 57.5 Å². The van der Waals surface area contributed by atoms with Crippen LogP contribution in [0.4, 0.5) is 4.79 Å². The van der Waals surface area contributed by atoms with E-state index >= 15 is 0 Å². The van der Waals surface area contributed by atoms with E-state index in [4.69, 9.17) is 9.47 Å². The summed E-state index contributed by atoms with van der Waals surface area (Å²) in [5, 5.41) is 13.5. The summed E-state index contributed by atoms with van der Waals surface area (Å²) < 4.78 is 11.2. The fourth-order valence-corrected chi connectivity index (χ4v) is 5.05. The third-order valence-corrected chi connectivity index (χ3v) is 6.98. The Morgan fingerprint density at radius 3 is 2.61 bits per heavy atom. The van der Waals surface area contributed by atoms with E-state index in [0.29, 0.717) is 31.9 Å². The topological polar surface area (TPSA) is 91.3 Å². The number of nitrogens with one attached hydrogen (secondary N) is 1. The van der Waals surface area contributed by atoms with Gasteiger partial charge < -0.3 is 24.8 Å². The van der Waals surface area contributed by atoms with Crippen molar-refractivity contribution in [3.8, 4) is 0 Å². The van der Waals surface area contributed by atoms with Crippen LogP contribution in [0.3, 0.4) is 0 Å². The van der Waals surface area contributed by atoms with E-state index in [9.17, 15) is 14.7 Å². The summed E-state index contributed by atoms with van der Waals surface area (Å²) in [6.45, 7) is 9.52. The number of benzene rings is 2. The van der Waals surface area contributed by atoms with Gasteiger partial charge in [0.2, 0.25) is 0 Å². The van der Waals surface area contributed by atoms with Gasteiger partial charge in [-0.2, -0.15) is 0 Å². The monoisotopic (exact) mass is 523 g/mol. The molecular weight excluding hydrogens is 482 g/mol. The van der Waals surface area contributed by atoms with Gasteiger partial charge in [0.1, 0.15) is 5.60 Å². The zero-order chi connectivity index (χ0) is 27.1. The van der Waals surface area contributed by atoms with Crippen molar-refractivity contribution in [2.45, 2.75) is 70.9 Å². The van der Waals surface area contributed by atoms with Gasteiger partial charge >= 0.3 is 6.09 Å². The number of carbonyl (C=O) groups excluding carboxylic acids is 2. The van der Waals surface area contributed by atoms with Gasteiger partial charge in [-0.15, -0.1) is 0 Å². The summed E-state index contributed by atoms with van der Waals surface area (Å²) in [5.74, 6) is -0.246. The van der Waals surface area contributed by atoms with Gasteiger partial charge in [-0.25, -0.2) is 4.79 Å². The summed E-state index contributed by atoms with van der Waals surface area (Å²) in [5.41, 5.74) is 3.42. The molecule has 0 spiro atoms. The van der Waals surface area contributed by atoms with Gasteiger partial charge in [-0.3, -0.25) is 9.69 Å². The molecule has 2 N–H and O–H groups in total. The Labute approximate surface area is 225 Å². The molecule has 38 heavy (non-hydrogen) atoms. The minimum atomic E-state index is -0.663. The number of ether oxygens (including phenoxy) is 2. The molecule has 0 aliphatic carbocycles. The highest BCUT2D eigenvalue weighted by atomic mass is 16.6. The molecule has 8 heteroatoms. The fraction of sp³-hybridized carbons (Fsp3) is 0.533. The molecule has 2 aromatic carbocycles. The van der Waals surface area contributed by atoms with E-state index in [1.165, 1.54) is 11.1 Å². The normalized spacial score (nSPS) is 17.4. The molecule has 1 atom stereocenters. The Kier molecular flexibility index (Phi) is 9.41. The Balaban J connectivity index is 1.33. The van der Waals surface area contributed by atoms with Crippen LogP contribution in [-0.4, -0.2) is 77.5 Å². The van der Waals surface area contributed by atoms with Gasteiger partial charge in [0.15, 0.2) is 0 Å². The first-order chi connectivity index (χ1) is 18.2. The van der Waals surface area contributed by atoms with E-state index in [0.717, 1.165) is 37.9 Å². The summed E-state index contributed by atoms with van der Waals surface area (Å²) in [6, 6.07) is 15.7. The van der Waals surface area contributed by atoms with Gasteiger partial charge in [-0.1, -0.05) is 36.4 Å². The van der Waals surface area contributed by atoms with Crippen molar-refractivity contribution in [3.63, 3.8) is 0 Å². The summed E-state index contributed by atoms with van der Waals surface area (Å²) in [4.78, 5) is 29.9. The Bertz CT molecular complexity index is 1090. The molecular formula is C30H41N3O5.